The highest BCUT2D eigenvalue weighted by Gasteiger charge is 2.76. The van der Waals surface area contributed by atoms with Gasteiger partial charge >= 0.3 is 5.97 Å². The number of carbonyl (C=O) groups excluding carboxylic acids is 2. The average Bonchev–Trinajstić information content (AvgIpc) is 3.26. The van der Waals surface area contributed by atoms with Gasteiger partial charge in [0.05, 0.1) is 17.9 Å². The molecule has 3 aliphatic rings. The quantitative estimate of drug-likeness (QED) is 0.284. The van der Waals surface area contributed by atoms with E-state index in [1.165, 1.54) is 0 Å². The summed E-state index contributed by atoms with van der Waals surface area (Å²) in [6.45, 7) is 10.2. The molecule has 174 valence electrons. The van der Waals surface area contributed by atoms with Crippen molar-refractivity contribution in [2.45, 2.75) is 74.6 Å². The molecule has 2 amide bonds. The second kappa shape index (κ2) is 8.83. The number of likely N-dealkylation sites (tertiary alicyclic amines) is 1. The maximum Gasteiger partial charge on any atom is 0.310 e. The maximum atomic E-state index is 13.9. The van der Waals surface area contributed by atoms with Gasteiger partial charge in [-0.2, -0.15) is 0 Å². The normalized spacial score (nSPS) is 34.2. The van der Waals surface area contributed by atoms with Crippen LogP contribution >= 0.6 is 15.9 Å². The van der Waals surface area contributed by atoms with E-state index in [9.17, 15) is 19.5 Å². The van der Waals surface area contributed by atoms with Crippen LogP contribution in [0.15, 0.2) is 12.7 Å². The summed E-state index contributed by atoms with van der Waals surface area (Å²) < 4.78 is 6.27. The number of aliphatic carboxylic acids is 1. The molecule has 0 aromatic rings. The minimum absolute atomic E-state index is 0.0666. The second-order valence-corrected chi connectivity index (χ2v) is 10.9. The summed E-state index contributed by atoms with van der Waals surface area (Å²) in [5.74, 6) is -3.48. The van der Waals surface area contributed by atoms with E-state index in [1.54, 1.807) is 15.9 Å². The summed E-state index contributed by atoms with van der Waals surface area (Å²) in [6.07, 6.45) is 3.37. The minimum Gasteiger partial charge on any atom is -0.481 e. The molecule has 8 nitrogen and oxygen atoms in total. The highest BCUT2D eigenvalue weighted by molar-refractivity contribution is 9.09. The van der Waals surface area contributed by atoms with Crippen molar-refractivity contribution < 1.29 is 29.3 Å². The third-order valence-electron chi connectivity index (χ3n) is 6.75. The van der Waals surface area contributed by atoms with E-state index < -0.39 is 41.1 Å². The molecule has 0 aromatic carbocycles. The molecule has 3 fully saturated rings. The van der Waals surface area contributed by atoms with E-state index >= 15 is 0 Å². The predicted octanol–water partition coefficient (Wildman–Crippen LogP) is 1.79. The zero-order valence-electron chi connectivity index (χ0n) is 18.4. The Morgan fingerprint density at radius 2 is 2.03 bits per heavy atom. The molecule has 1 spiro atoms. The van der Waals surface area contributed by atoms with Crippen molar-refractivity contribution in [2.75, 3.05) is 19.7 Å². The number of alkyl halides is 1. The summed E-state index contributed by atoms with van der Waals surface area (Å²) in [5, 5.41) is 19.0. The van der Waals surface area contributed by atoms with E-state index in [0.717, 1.165) is 0 Å². The average molecular weight is 501 g/mol. The number of aliphatic hydroxyl groups is 1. The number of carboxylic acid groups (broad SMARTS) is 1. The van der Waals surface area contributed by atoms with Gasteiger partial charge in [-0.05, 0) is 46.5 Å². The predicted molar refractivity (Wildman–Crippen MR) is 118 cm³/mol. The Hall–Kier alpha value is -1.45. The van der Waals surface area contributed by atoms with Gasteiger partial charge in [0.15, 0.2) is 0 Å². The number of rotatable bonds is 9. The fraction of sp³-hybridized carbons (Fsp3) is 0.773. The number of fused-ring (bicyclic) bond motifs is 1. The number of nitrogens with zero attached hydrogens (tertiary/aromatic N) is 2. The van der Waals surface area contributed by atoms with Crippen LogP contribution in [0.3, 0.4) is 0 Å². The lowest BCUT2D eigenvalue weighted by molar-refractivity contribution is -0.152. The molecular formula is C22H33BrN2O6. The van der Waals surface area contributed by atoms with Gasteiger partial charge in [0.25, 0.3) is 0 Å². The van der Waals surface area contributed by atoms with Crippen molar-refractivity contribution in [1.82, 2.24) is 9.80 Å². The van der Waals surface area contributed by atoms with Crippen LogP contribution in [0.25, 0.3) is 0 Å². The SMILES string of the molecule is C=CCN(C(=O)C1N(CCCCCO)C(=O)[C@@H]2[C@H](C(=O)O)[C@H]3OC12CC3Br)C(C)(C)C. The van der Waals surface area contributed by atoms with E-state index in [-0.39, 0.29) is 23.2 Å². The molecular weight excluding hydrogens is 468 g/mol. The molecule has 2 bridgehead atoms. The van der Waals surface area contributed by atoms with Crippen LogP contribution in [0, 0.1) is 11.8 Å². The van der Waals surface area contributed by atoms with Crippen molar-refractivity contribution >= 4 is 33.7 Å². The summed E-state index contributed by atoms with van der Waals surface area (Å²) in [5.41, 5.74) is -1.67. The highest BCUT2D eigenvalue weighted by Crippen LogP contribution is 2.60. The van der Waals surface area contributed by atoms with Crippen LogP contribution in [0.5, 0.6) is 0 Å². The molecule has 0 radical (unpaired) electrons. The number of carbonyl (C=O) groups is 3. The largest absolute Gasteiger partial charge is 0.481 e. The summed E-state index contributed by atoms with van der Waals surface area (Å²) >= 11 is 3.55. The first-order chi connectivity index (χ1) is 14.5. The van der Waals surface area contributed by atoms with E-state index in [4.69, 9.17) is 9.84 Å². The molecule has 3 rings (SSSR count). The van der Waals surface area contributed by atoms with Crippen molar-refractivity contribution in [2.24, 2.45) is 11.8 Å². The molecule has 2 N–H and O–H groups in total. The zero-order valence-corrected chi connectivity index (χ0v) is 20.0. The fourth-order valence-corrected chi connectivity index (χ4v) is 6.42. The Balaban J connectivity index is 2.03. The van der Waals surface area contributed by atoms with Crippen molar-refractivity contribution in [3.63, 3.8) is 0 Å². The van der Waals surface area contributed by atoms with Crippen LogP contribution < -0.4 is 0 Å². The highest BCUT2D eigenvalue weighted by atomic mass is 79.9. The lowest BCUT2D eigenvalue weighted by Crippen LogP contribution is -2.60. The standard InChI is InChI=1S/C22H33BrN2O6/c1-5-9-25(21(2,3)4)19(28)17-22-12-13(23)16(31-22)14(20(29)30)15(22)18(27)24(17)10-7-6-8-11-26/h5,13-17,26H,1,6-12H2,2-4H3,(H,29,30)/t13?,14-,15-,16-,17?,22?/m0/s1. The van der Waals surface area contributed by atoms with Gasteiger partial charge in [-0.3, -0.25) is 14.4 Å². The number of amides is 2. The Bertz CT molecular complexity index is 753. The number of aliphatic hydroxyl groups excluding tert-OH is 1. The third kappa shape index (κ3) is 3.93. The Morgan fingerprint density at radius 1 is 1.35 bits per heavy atom. The lowest BCUT2D eigenvalue weighted by Gasteiger charge is -2.42. The van der Waals surface area contributed by atoms with E-state index in [1.807, 2.05) is 20.8 Å². The van der Waals surface area contributed by atoms with Gasteiger partial charge in [-0.25, -0.2) is 0 Å². The van der Waals surface area contributed by atoms with Gasteiger partial charge in [0.1, 0.15) is 11.6 Å². The molecule has 9 heteroatoms. The first kappa shape index (κ1) is 24.2. The van der Waals surface area contributed by atoms with E-state index in [0.29, 0.717) is 38.8 Å². The number of carboxylic acids is 1. The molecule has 3 aliphatic heterocycles. The minimum atomic E-state index is -1.16. The van der Waals surface area contributed by atoms with Crippen molar-refractivity contribution in [3.8, 4) is 0 Å². The molecule has 3 saturated heterocycles. The van der Waals surface area contributed by atoms with Crippen LogP contribution in [0.4, 0.5) is 0 Å². The van der Waals surface area contributed by atoms with Crippen molar-refractivity contribution in [3.05, 3.63) is 12.7 Å². The molecule has 0 aromatic heterocycles. The topological polar surface area (TPSA) is 107 Å². The Labute approximate surface area is 191 Å². The number of unbranched alkanes of at least 4 members (excludes halogenated alkanes) is 2. The number of ether oxygens (including phenoxy) is 1. The van der Waals surface area contributed by atoms with E-state index in [2.05, 4.69) is 22.5 Å². The molecule has 31 heavy (non-hydrogen) atoms. The van der Waals surface area contributed by atoms with Crippen LogP contribution in [0.1, 0.15) is 46.5 Å². The van der Waals surface area contributed by atoms with Gasteiger partial charge < -0.3 is 24.7 Å². The first-order valence-corrected chi connectivity index (χ1v) is 11.8. The van der Waals surface area contributed by atoms with Crippen LogP contribution in [-0.4, -0.2) is 85.6 Å². The molecule has 0 aliphatic carbocycles. The Morgan fingerprint density at radius 3 is 2.58 bits per heavy atom. The third-order valence-corrected chi connectivity index (χ3v) is 7.60. The number of halogens is 1. The van der Waals surface area contributed by atoms with Crippen LogP contribution in [0.2, 0.25) is 0 Å². The molecule has 0 saturated carbocycles. The van der Waals surface area contributed by atoms with Gasteiger partial charge in [0.2, 0.25) is 11.8 Å². The summed E-state index contributed by atoms with van der Waals surface area (Å²) in [4.78, 5) is 42.6. The molecule has 6 atom stereocenters. The Kier molecular flexibility index (Phi) is 6.89. The van der Waals surface area contributed by atoms with Crippen molar-refractivity contribution in [1.29, 1.82) is 0 Å². The molecule has 3 heterocycles. The summed E-state index contributed by atoms with van der Waals surface area (Å²) in [6, 6.07) is -0.882. The lowest BCUT2D eigenvalue weighted by atomic mass is 9.70. The fourth-order valence-electron chi connectivity index (χ4n) is 5.47. The van der Waals surface area contributed by atoms with Gasteiger partial charge in [0, 0.05) is 30.1 Å². The molecule has 3 unspecified atom stereocenters. The van der Waals surface area contributed by atoms with Gasteiger partial charge in [-0.1, -0.05) is 22.0 Å². The van der Waals surface area contributed by atoms with Gasteiger partial charge in [-0.15, -0.1) is 6.58 Å². The smallest absolute Gasteiger partial charge is 0.310 e. The monoisotopic (exact) mass is 500 g/mol. The number of hydrogen-bond acceptors (Lipinski definition) is 5. The number of hydrogen-bond donors (Lipinski definition) is 2. The maximum absolute atomic E-state index is 13.9. The van der Waals surface area contributed by atoms with Crippen LogP contribution in [-0.2, 0) is 19.1 Å². The zero-order chi connectivity index (χ0) is 23.1. The summed E-state index contributed by atoms with van der Waals surface area (Å²) in [7, 11) is 0. The first-order valence-electron chi connectivity index (χ1n) is 10.9. The second-order valence-electron chi connectivity index (χ2n) is 9.73.